The van der Waals surface area contributed by atoms with Gasteiger partial charge in [-0.25, -0.2) is 0 Å². The molecule has 1 saturated heterocycles. The first kappa shape index (κ1) is 11.6. The van der Waals surface area contributed by atoms with Gasteiger partial charge in [-0.1, -0.05) is 13.8 Å². The molecule has 0 spiro atoms. The quantitative estimate of drug-likeness (QED) is 0.845. The summed E-state index contributed by atoms with van der Waals surface area (Å²) in [6, 6.07) is 2.82. The number of aromatic nitrogens is 2. The molecule has 1 fully saturated rings. The molecule has 1 aliphatic rings. The van der Waals surface area contributed by atoms with Gasteiger partial charge in [0.25, 0.3) is 0 Å². The molecule has 0 bridgehead atoms. The summed E-state index contributed by atoms with van der Waals surface area (Å²) in [7, 11) is 0. The Hall–Kier alpha value is -0.830. The summed E-state index contributed by atoms with van der Waals surface area (Å²) in [4.78, 5) is 0. The Morgan fingerprint density at radius 2 is 2.38 bits per heavy atom. The second kappa shape index (κ2) is 5.48. The molecule has 2 unspecified atom stereocenters. The second-order valence-electron chi connectivity index (χ2n) is 5.04. The summed E-state index contributed by atoms with van der Waals surface area (Å²) < 4.78 is 2.15. The minimum Gasteiger partial charge on any atom is -0.313 e. The highest BCUT2D eigenvalue weighted by molar-refractivity contribution is 5.03. The van der Waals surface area contributed by atoms with Gasteiger partial charge in [0, 0.05) is 30.9 Å². The summed E-state index contributed by atoms with van der Waals surface area (Å²) in [6.07, 6.45) is 6.88. The lowest BCUT2D eigenvalue weighted by Gasteiger charge is -2.27. The molecule has 0 radical (unpaired) electrons. The van der Waals surface area contributed by atoms with Crippen LogP contribution in [-0.4, -0.2) is 22.4 Å². The van der Waals surface area contributed by atoms with Gasteiger partial charge in [-0.3, -0.25) is 4.68 Å². The normalized spacial score (nSPS) is 25.9. The van der Waals surface area contributed by atoms with Crippen molar-refractivity contribution in [3.05, 3.63) is 18.0 Å². The van der Waals surface area contributed by atoms with Crippen molar-refractivity contribution in [1.82, 2.24) is 15.1 Å². The third-order valence-electron chi connectivity index (χ3n) is 3.46. The van der Waals surface area contributed by atoms with Crippen molar-refractivity contribution in [2.24, 2.45) is 5.92 Å². The van der Waals surface area contributed by atoms with Crippen LogP contribution in [0, 0.1) is 5.92 Å². The number of rotatable bonds is 4. The molecule has 3 heteroatoms. The molecule has 2 rings (SSSR count). The number of hydrogen-bond acceptors (Lipinski definition) is 2. The van der Waals surface area contributed by atoms with Crippen molar-refractivity contribution in [2.75, 3.05) is 6.54 Å². The van der Waals surface area contributed by atoms with Crippen LogP contribution < -0.4 is 5.32 Å². The van der Waals surface area contributed by atoms with Gasteiger partial charge in [0.15, 0.2) is 0 Å². The van der Waals surface area contributed by atoms with Crippen LogP contribution in [0.1, 0.15) is 38.8 Å². The molecule has 1 aromatic rings. The summed E-state index contributed by atoms with van der Waals surface area (Å²) in [6.45, 7) is 6.74. The molecule has 2 atom stereocenters. The zero-order chi connectivity index (χ0) is 11.4. The minimum atomic E-state index is 0.656. The van der Waals surface area contributed by atoms with Crippen LogP contribution in [0.2, 0.25) is 0 Å². The number of aryl methyl sites for hydroxylation is 1. The van der Waals surface area contributed by atoms with E-state index in [1.807, 2.05) is 6.20 Å². The van der Waals surface area contributed by atoms with Crippen molar-refractivity contribution in [1.29, 1.82) is 0 Å². The maximum absolute atomic E-state index is 4.38. The summed E-state index contributed by atoms with van der Waals surface area (Å²) >= 11 is 0. The molecule has 0 saturated carbocycles. The topological polar surface area (TPSA) is 29.9 Å². The van der Waals surface area contributed by atoms with E-state index in [1.54, 1.807) is 0 Å². The van der Waals surface area contributed by atoms with E-state index < -0.39 is 0 Å². The molecule has 2 heterocycles. The van der Waals surface area contributed by atoms with Crippen molar-refractivity contribution in [3.8, 4) is 0 Å². The average molecular weight is 221 g/mol. The molecule has 3 nitrogen and oxygen atoms in total. The fourth-order valence-corrected chi connectivity index (χ4v) is 2.43. The number of hydrogen-bond donors (Lipinski definition) is 1. The first-order chi connectivity index (χ1) is 7.79. The second-order valence-corrected chi connectivity index (χ2v) is 5.04. The highest BCUT2D eigenvalue weighted by Crippen LogP contribution is 2.16. The molecule has 0 aliphatic carbocycles. The van der Waals surface area contributed by atoms with E-state index in [4.69, 9.17) is 0 Å². The molecule has 0 aromatic carbocycles. The number of nitrogens with zero attached hydrogens (tertiary/aromatic N) is 2. The average Bonchev–Trinajstić information content (AvgIpc) is 2.70. The van der Waals surface area contributed by atoms with Crippen LogP contribution in [0.25, 0.3) is 0 Å². The zero-order valence-corrected chi connectivity index (χ0v) is 10.4. The van der Waals surface area contributed by atoms with Gasteiger partial charge in [0.1, 0.15) is 0 Å². The van der Waals surface area contributed by atoms with Crippen LogP contribution in [0.15, 0.2) is 12.3 Å². The SMILES string of the molecule is CCCn1nccc1CC1CCC(C)CN1. The van der Waals surface area contributed by atoms with E-state index in [9.17, 15) is 0 Å². The van der Waals surface area contributed by atoms with Gasteiger partial charge in [-0.2, -0.15) is 5.10 Å². The summed E-state index contributed by atoms with van der Waals surface area (Å²) in [5.74, 6) is 0.844. The third-order valence-corrected chi connectivity index (χ3v) is 3.46. The smallest absolute Gasteiger partial charge is 0.0492 e. The fraction of sp³-hybridized carbons (Fsp3) is 0.769. The summed E-state index contributed by atoms with van der Waals surface area (Å²) in [5.41, 5.74) is 1.38. The molecule has 90 valence electrons. The largest absolute Gasteiger partial charge is 0.313 e. The standard InChI is InChI=1S/C13H23N3/c1-3-8-16-13(6-7-15-16)9-12-5-4-11(2)10-14-12/h6-7,11-12,14H,3-5,8-10H2,1-2H3. The van der Waals surface area contributed by atoms with Crippen LogP contribution >= 0.6 is 0 Å². The van der Waals surface area contributed by atoms with Gasteiger partial charge in [0.05, 0.1) is 0 Å². The lowest BCUT2D eigenvalue weighted by molar-refractivity contribution is 0.321. The monoisotopic (exact) mass is 221 g/mol. The van der Waals surface area contributed by atoms with Crippen LogP contribution in [0.3, 0.4) is 0 Å². The van der Waals surface area contributed by atoms with Crippen molar-refractivity contribution in [2.45, 2.75) is 52.1 Å². The van der Waals surface area contributed by atoms with E-state index in [2.05, 4.69) is 35.0 Å². The predicted octanol–water partition coefficient (Wildman–Crippen LogP) is 2.22. The maximum Gasteiger partial charge on any atom is 0.0492 e. The van der Waals surface area contributed by atoms with Crippen molar-refractivity contribution >= 4 is 0 Å². The Kier molecular flexibility index (Phi) is 3.99. The highest BCUT2D eigenvalue weighted by atomic mass is 15.3. The van der Waals surface area contributed by atoms with E-state index in [-0.39, 0.29) is 0 Å². The van der Waals surface area contributed by atoms with E-state index in [0.29, 0.717) is 6.04 Å². The molecular weight excluding hydrogens is 198 g/mol. The number of piperidine rings is 1. The first-order valence-corrected chi connectivity index (χ1v) is 6.53. The molecule has 0 amide bonds. The highest BCUT2D eigenvalue weighted by Gasteiger charge is 2.18. The lowest BCUT2D eigenvalue weighted by atomic mass is 9.94. The predicted molar refractivity (Wildman–Crippen MR) is 66.4 cm³/mol. The summed E-state index contributed by atoms with van der Waals surface area (Å²) in [5, 5.41) is 8.01. The van der Waals surface area contributed by atoms with Gasteiger partial charge < -0.3 is 5.32 Å². The third kappa shape index (κ3) is 2.85. The Morgan fingerprint density at radius 1 is 1.50 bits per heavy atom. The molecular formula is C13H23N3. The van der Waals surface area contributed by atoms with Gasteiger partial charge >= 0.3 is 0 Å². The Bertz CT molecular complexity index is 311. The van der Waals surface area contributed by atoms with Crippen LogP contribution in [0.5, 0.6) is 0 Å². The van der Waals surface area contributed by atoms with E-state index in [0.717, 1.165) is 25.3 Å². The molecule has 1 N–H and O–H groups in total. The molecule has 16 heavy (non-hydrogen) atoms. The van der Waals surface area contributed by atoms with Crippen LogP contribution in [-0.2, 0) is 13.0 Å². The lowest BCUT2D eigenvalue weighted by Crippen LogP contribution is -2.39. The number of nitrogens with one attached hydrogen (secondary N) is 1. The fourth-order valence-electron chi connectivity index (χ4n) is 2.43. The Balaban J connectivity index is 1.90. The Labute approximate surface area is 98.2 Å². The van der Waals surface area contributed by atoms with E-state index in [1.165, 1.54) is 25.1 Å². The maximum atomic E-state index is 4.38. The molecule has 1 aromatic heterocycles. The van der Waals surface area contributed by atoms with Gasteiger partial charge in [0.2, 0.25) is 0 Å². The zero-order valence-electron chi connectivity index (χ0n) is 10.4. The van der Waals surface area contributed by atoms with Gasteiger partial charge in [-0.05, 0) is 37.8 Å². The Morgan fingerprint density at radius 3 is 3.06 bits per heavy atom. The first-order valence-electron chi connectivity index (χ1n) is 6.53. The van der Waals surface area contributed by atoms with Crippen molar-refractivity contribution < 1.29 is 0 Å². The molecule has 1 aliphatic heterocycles. The van der Waals surface area contributed by atoms with E-state index >= 15 is 0 Å². The van der Waals surface area contributed by atoms with Crippen molar-refractivity contribution in [3.63, 3.8) is 0 Å². The van der Waals surface area contributed by atoms with Gasteiger partial charge in [-0.15, -0.1) is 0 Å². The van der Waals surface area contributed by atoms with Crippen LogP contribution in [0.4, 0.5) is 0 Å². The minimum absolute atomic E-state index is 0.656.